The van der Waals surface area contributed by atoms with Crippen molar-refractivity contribution in [2.24, 2.45) is 5.92 Å². The van der Waals surface area contributed by atoms with Crippen molar-refractivity contribution in [2.75, 3.05) is 13.1 Å². The van der Waals surface area contributed by atoms with Crippen LogP contribution in [-0.2, 0) is 6.54 Å². The Morgan fingerprint density at radius 2 is 1.87 bits per heavy atom. The summed E-state index contributed by atoms with van der Waals surface area (Å²) in [4.78, 5) is 14.4. The fourth-order valence-electron chi connectivity index (χ4n) is 4.15. The molecule has 0 spiro atoms. The molecule has 1 fully saturated rings. The lowest BCUT2D eigenvalue weighted by Crippen LogP contribution is -2.47. The van der Waals surface area contributed by atoms with E-state index in [1.807, 2.05) is 41.0 Å². The quantitative estimate of drug-likeness (QED) is 0.856. The molecule has 23 heavy (non-hydrogen) atoms. The molecule has 2 aliphatic rings. The Bertz CT molecular complexity index is 805. The molecule has 4 rings (SSSR count). The van der Waals surface area contributed by atoms with Crippen molar-refractivity contribution in [2.45, 2.75) is 24.9 Å². The van der Waals surface area contributed by atoms with Crippen LogP contribution in [-0.4, -0.2) is 22.6 Å². The minimum absolute atomic E-state index is 0.102. The minimum Gasteiger partial charge on any atom is -0.312 e. The maximum atomic E-state index is 12.1. The van der Waals surface area contributed by atoms with Crippen molar-refractivity contribution in [3.8, 4) is 6.07 Å². The number of rotatable bonds is 2. The Morgan fingerprint density at radius 1 is 1.04 bits per heavy atom. The van der Waals surface area contributed by atoms with Crippen molar-refractivity contribution in [3.05, 3.63) is 70.1 Å². The normalized spacial score (nSPS) is 24.5. The van der Waals surface area contributed by atoms with Gasteiger partial charge in [-0.05, 0) is 24.0 Å². The molecule has 4 nitrogen and oxygen atoms in total. The summed E-state index contributed by atoms with van der Waals surface area (Å²) in [6.45, 7) is 2.49. The zero-order valence-corrected chi connectivity index (χ0v) is 12.9. The van der Waals surface area contributed by atoms with Crippen molar-refractivity contribution in [1.82, 2.24) is 9.47 Å². The van der Waals surface area contributed by atoms with Crippen LogP contribution in [0, 0.1) is 17.2 Å². The fraction of sp³-hybridized carbons (Fsp3) is 0.368. The first-order valence-electron chi connectivity index (χ1n) is 8.14. The van der Waals surface area contributed by atoms with E-state index >= 15 is 0 Å². The molecular weight excluding hydrogens is 286 g/mol. The van der Waals surface area contributed by atoms with Crippen LogP contribution >= 0.6 is 0 Å². The molecule has 1 aromatic heterocycles. The molecule has 3 atom stereocenters. The van der Waals surface area contributed by atoms with E-state index in [1.165, 1.54) is 0 Å². The molecule has 2 aromatic rings. The van der Waals surface area contributed by atoms with Gasteiger partial charge in [0.05, 0.1) is 6.07 Å². The molecule has 1 aromatic carbocycles. The van der Waals surface area contributed by atoms with Gasteiger partial charge in [-0.2, -0.15) is 5.26 Å². The number of piperidine rings is 1. The molecule has 3 heterocycles. The number of nitrogens with zero attached hydrogens (tertiary/aromatic N) is 3. The van der Waals surface area contributed by atoms with Gasteiger partial charge in [0.2, 0.25) is 0 Å². The molecule has 0 aliphatic carbocycles. The highest BCUT2D eigenvalue weighted by Gasteiger charge is 2.37. The van der Waals surface area contributed by atoms with Gasteiger partial charge in [0, 0.05) is 37.3 Å². The van der Waals surface area contributed by atoms with Crippen LogP contribution < -0.4 is 5.56 Å². The summed E-state index contributed by atoms with van der Waals surface area (Å²) in [6, 6.07) is 17.8. The zero-order valence-electron chi connectivity index (χ0n) is 12.9. The second kappa shape index (κ2) is 5.68. The fourth-order valence-corrected chi connectivity index (χ4v) is 4.15. The molecule has 0 radical (unpaired) electrons. The van der Waals surface area contributed by atoms with Gasteiger partial charge in [-0.3, -0.25) is 9.69 Å². The highest BCUT2D eigenvalue weighted by molar-refractivity contribution is 5.25. The second-order valence-corrected chi connectivity index (χ2v) is 6.59. The summed E-state index contributed by atoms with van der Waals surface area (Å²) in [7, 11) is 0. The number of hydrogen-bond acceptors (Lipinski definition) is 3. The third kappa shape index (κ3) is 2.47. The van der Waals surface area contributed by atoms with Gasteiger partial charge in [0.25, 0.3) is 5.56 Å². The van der Waals surface area contributed by atoms with Gasteiger partial charge in [-0.1, -0.05) is 36.4 Å². The third-order valence-corrected chi connectivity index (χ3v) is 5.11. The van der Waals surface area contributed by atoms with Gasteiger partial charge in [-0.15, -0.1) is 0 Å². The van der Waals surface area contributed by atoms with E-state index in [9.17, 15) is 10.1 Å². The monoisotopic (exact) mass is 305 g/mol. The standard InChI is InChI=1S/C19H19N3O/c20-10-18(15-5-2-1-3-6-15)21-11-14-9-16(13-21)17-7-4-8-19(23)22(17)12-14/h1-8,14,16,18H,9,11-13H2/t14-,16?,18?/m0/s1. The van der Waals surface area contributed by atoms with Gasteiger partial charge in [0.1, 0.15) is 6.04 Å². The van der Waals surface area contributed by atoms with Crippen molar-refractivity contribution in [1.29, 1.82) is 5.26 Å². The Labute approximate surface area is 135 Å². The summed E-state index contributed by atoms with van der Waals surface area (Å²) in [5.41, 5.74) is 2.29. The van der Waals surface area contributed by atoms with Gasteiger partial charge in [-0.25, -0.2) is 0 Å². The molecule has 2 aliphatic heterocycles. The van der Waals surface area contributed by atoms with E-state index in [-0.39, 0.29) is 11.6 Å². The van der Waals surface area contributed by atoms with E-state index in [0.717, 1.165) is 37.3 Å². The number of aromatic nitrogens is 1. The lowest BCUT2D eigenvalue weighted by Gasteiger charge is -2.44. The average molecular weight is 305 g/mol. The highest BCUT2D eigenvalue weighted by atomic mass is 16.1. The first-order valence-corrected chi connectivity index (χ1v) is 8.14. The van der Waals surface area contributed by atoms with Crippen molar-refractivity contribution >= 4 is 0 Å². The Balaban J connectivity index is 1.66. The van der Waals surface area contributed by atoms with Gasteiger partial charge in [0.15, 0.2) is 0 Å². The Kier molecular flexibility index (Phi) is 3.51. The number of pyridine rings is 1. The molecule has 1 saturated heterocycles. The average Bonchev–Trinajstić information content (AvgIpc) is 2.58. The summed E-state index contributed by atoms with van der Waals surface area (Å²) < 4.78 is 1.93. The third-order valence-electron chi connectivity index (χ3n) is 5.11. The molecule has 0 saturated carbocycles. The number of hydrogen-bond donors (Lipinski definition) is 0. The summed E-state index contributed by atoms with van der Waals surface area (Å²) >= 11 is 0. The maximum absolute atomic E-state index is 12.1. The van der Waals surface area contributed by atoms with E-state index in [1.54, 1.807) is 6.07 Å². The lowest BCUT2D eigenvalue weighted by atomic mass is 9.82. The molecule has 2 unspecified atom stereocenters. The van der Waals surface area contributed by atoms with Crippen LogP contribution in [0.25, 0.3) is 0 Å². The lowest BCUT2D eigenvalue weighted by molar-refractivity contribution is 0.100. The maximum Gasteiger partial charge on any atom is 0.250 e. The van der Waals surface area contributed by atoms with Crippen LogP contribution in [0.3, 0.4) is 0 Å². The Hall–Kier alpha value is -2.38. The SMILES string of the molecule is N#CC(c1ccccc1)N1CC2C[C@@H](C1)Cn1c2cccc1=O. The largest absolute Gasteiger partial charge is 0.312 e. The zero-order chi connectivity index (χ0) is 15.8. The van der Waals surface area contributed by atoms with E-state index in [2.05, 4.69) is 17.0 Å². The van der Waals surface area contributed by atoms with Crippen LogP contribution in [0.2, 0.25) is 0 Å². The van der Waals surface area contributed by atoms with E-state index < -0.39 is 0 Å². The van der Waals surface area contributed by atoms with Crippen LogP contribution in [0.1, 0.15) is 29.6 Å². The van der Waals surface area contributed by atoms with E-state index in [4.69, 9.17) is 0 Å². The number of fused-ring (bicyclic) bond motifs is 4. The van der Waals surface area contributed by atoms with Crippen molar-refractivity contribution in [3.63, 3.8) is 0 Å². The highest BCUT2D eigenvalue weighted by Crippen LogP contribution is 2.38. The van der Waals surface area contributed by atoms with Gasteiger partial charge >= 0.3 is 0 Å². The number of nitriles is 1. The summed E-state index contributed by atoms with van der Waals surface area (Å²) in [5, 5.41) is 9.69. The van der Waals surface area contributed by atoms with Crippen LogP contribution in [0.4, 0.5) is 0 Å². The van der Waals surface area contributed by atoms with Crippen LogP contribution in [0.5, 0.6) is 0 Å². The first-order chi connectivity index (χ1) is 11.3. The molecule has 4 heteroatoms. The second-order valence-electron chi connectivity index (χ2n) is 6.59. The first kappa shape index (κ1) is 14.2. The smallest absolute Gasteiger partial charge is 0.250 e. The molecule has 116 valence electrons. The number of likely N-dealkylation sites (tertiary alicyclic amines) is 1. The van der Waals surface area contributed by atoms with Crippen molar-refractivity contribution < 1.29 is 0 Å². The predicted octanol–water partition coefficient (Wildman–Crippen LogP) is 2.53. The molecule has 2 bridgehead atoms. The van der Waals surface area contributed by atoms with Crippen LogP contribution in [0.15, 0.2) is 53.3 Å². The minimum atomic E-state index is -0.205. The number of benzene rings is 1. The molecule has 0 N–H and O–H groups in total. The topological polar surface area (TPSA) is 49.0 Å². The van der Waals surface area contributed by atoms with Gasteiger partial charge < -0.3 is 4.57 Å². The summed E-state index contributed by atoms with van der Waals surface area (Å²) in [5.74, 6) is 0.789. The Morgan fingerprint density at radius 3 is 2.65 bits per heavy atom. The van der Waals surface area contributed by atoms with E-state index in [0.29, 0.717) is 11.8 Å². The molecular formula is C19H19N3O. The predicted molar refractivity (Wildman–Crippen MR) is 87.9 cm³/mol. The molecule has 0 amide bonds. The summed E-state index contributed by atoms with van der Waals surface area (Å²) in [6.07, 6.45) is 1.12.